The Morgan fingerprint density at radius 2 is 2.00 bits per heavy atom. The summed E-state index contributed by atoms with van der Waals surface area (Å²) in [6, 6.07) is 8.00. The molecule has 1 aromatic carbocycles. The summed E-state index contributed by atoms with van der Waals surface area (Å²) in [5.41, 5.74) is 1.20. The molecule has 0 aromatic heterocycles. The van der Waals surface area contributed by atoms with Gasteiger partial charge in [0.15, 0.2) is 5.11 Å². The molecule has 0 saturated carbocycles. The lowest BCUT2D eigenvalue weighted by Gasteiger charge is -2.11. The van der Waals surface area contributed by atoms with Crippen LogP contribution in [0.1, 0.15) is 12.0 Å². The molecule has 4 nitrogen and oxygen atoms in total. The van der Waals surface area contributed by atoms with E-state index in [0.717, 1.165) is 25.3 Å². The number of benzene rings is 1. The molecule has 5 heteroatoms. The monoisotopic (exact) mass is 282 g/mol. The van der Waals surface area contributed by atoms with Crippen LogP contribution >= 0.6 is 12.2 Å². The Bertz CT molecular complexity index is 385. The molecule has 0 fully saturated rings. The molecule has 0 atom stereocenters. The normalized spacial score (nSPS) is 10.0. The molecule has 1 aromatic rings. The van der Waals surface area contributed by atoms with Crippen LogP contribution < -0.4 is 15.4 Å². The molecule has 1 rings (SSSR count). The minimum absolute atomic E-state index is 0.587. The molecular weight excluding hydrogens is 260 g/mol. The molecular formula is C14H22N2O2S. The van der Waals surface area contributed by atoms with Gasteiger partial charge in [-0.15, -0.1) is 0 Å². The van der Waals surface area contributed by atoms with E-state index >= 15 is 0 Å². The first kappa shape index (κ1) is 15.7. The largest absolute Gasteiger partial charge is 0.492 e. The zero-order chi connectivity index (χ0) is 13.9. The van der Waals surface area contributed by atoms with E-state index in [-0.39, 0.29) is 0 Å². The van der Waals surface area contributed by atoms with Gasteiger partial charge in [0.1, 0.15) is 12.4 Å². The van der Waals surface area contributed by atoms with Crippen molar-refractivity contribution in [1.29, 1.82) is 0 Å². The molecule has 0 aliphatic heterocycles. The molecule has 0 heterocycles. The minimum Gasteiger partial charge on any atom is -0.492 e. The number of aryl methyl sites for hydroxylation is 1. The van der Waals surface area contributed by atoms with Crippen molar-refractivity contribution in [1.82, 2.24) is 10.6 Å². The second-order valence-corrected chi connectivity index (χ2v) is 4.60. The van der Waals surface area contributed by atoms with Gasteiger partial charge >= 0.3 is 0 Å². The Labute approximate surface area is 120 Å². The molecule has 106 valence electrons. The van der Waals surface area contributed by atoms with Gasteiger partial charge in [0.25, 0.3) is 0 Å². The minimum atomic E-state index is 0.587. The predicted molar refractivity (Wildman–Crippen MR) is 81.8 cm³/mol. The van der Waals surface area contributed by atoms with Crippen molar-refractivity contribution in [2.45, 2.75) is 13.3 Å². The van der Waals surface area contributed by atoms with Crippen molar-refractivity contribution < 1.29 is 9.47 Å². The number of rotatable bonds is 8. The highest BCUT2D eigenvalue weighted by molar-refractivity contribution is 7.80. The average Bonchev–Trinajstić information content (AvgIpc) is 2.40. The van der Waals surface area contributed by atoms with Gasteiger partial charge in [-0.1, -0.05) is 12.1 Å². The Morgan fingerprint density at radius 1 is 1.21 bits per heavy atom. The molecule has 0 aliphatic carbocycles. The maximum Gasteiger partial charge on any atom is 0.166 e. The second-order valence-electron chi connectivity index (χ2n) is 4.19. The van der Waals surface area contributed by atoms with Crippen molar-refractivity contribution in [3.05, 3.63) is 29.8 Å². The van der Waals surface area contributed by atoms with Crippen LogP contribution in [-0.4, -0.2) is 38.5 Å². The van der Waals surface area contributed by atoms with E-state index in [2.05, 4.69) is 10.6 Å². The second kappa shape index (κ2) is 9.58. The Balaban J connectivity index is 2.05. The molecule has 0 saturated heterocycles. The Hall–Kier alpha value is -1.33. The summed E-state index contributed by atoms with van der Waals surface area (Å²) in [5.74, 6) is 0.890. The first-order chi connectivity index (χ1) is 9.22. The van der Waals surface area contributed by atoms with E-state index < -0.39 is 0 Å². The van der Waals surface area contributed by atoms with Crippen LogP contribution in [0.2, 0.25) is 0 Å². The average molecular weight is 282 g/mol. The highest BCUT2D eigenvalue weighted by Gasteiger charge is 1.96. The van der Waals surface area contributed by atoms with Crippen LogP contribution in [0.5, 0.6) is 5.75 Å². The molecule has 0 amide bonds. The van der Waals surface area contributed by atoms with Crippen LogP contribution in [-0.2, 0) is 4.74 Å². The van der Waals surface area contributed by atoms with Crippen molar-refractivity contribution in [2.24, 2.45) is 0 Å². The number of nitrogens with one attached hydrogen (secondary N) is 2. The van der Waals surface area contributed by atoms with Crippen molar-refractivity contribution in [3.63, 3.8) is 0 Å². The van der Waals surface area contributed by atoms with Crippen molar-refractivity contribution in [2.75, 3.05) is 33.4 Å². The number of thiocarbonyl (C=S) groups is 1. The number of hydrogen-bond donors (Lipinski definition) is 2. The summed E-state index contributed by atoms with van der Waals surface area (Å²) in [6.45, 7) is 4.88. The standard InChI is InChI=1S/C14H22N2O2S/c1-12-5-3-6-13(11-12)18-10-8-16-14(19)15-7-4-9-17-2/h3,5-6,11H,4,7-10H2,1-2H3,(H2,15,16,19). The lowest BCUT2D eigenvalue weighted by molar-refractivity contribution is 0.195. The summed E-state index contributed by atoms with van der Waals surface area (Å²) < 4.78 is 10.6. The smallest absolute Gasteiger partial charge is 0.166 e. The van der Waals surface area contributed by atoms with Gasteiger partial charge in [-0.3, -0.25) is 0 Å². The lowest BCUT2D eigenvalue weighted by atomic mass is 10.2. The van der Waals surface area contributed by atoms with E-state index in [9.17, 15) is 0 Å². The molecule has 0 bridgehead atoms. The Morgan fingerprint density at radius 3 is 2.74 bits per heavy atom. The molecule has 19 heavy (non-hydrogen) atoms. The summed E-state index contributed by atoms with van der Waals surface area (Å²) in [4.78, 5) is 0. The first-order valence-electron chi connectivity index (χ1n) is 6.42. The van der Waals surface area contributed by atoms with Crippen LogP contribution in [0.25, 0.3) is 0 Å². The van der Waals surface area contributed by atoms with E-state index in [1.165, 1.54) is 5.56 Å². The van der Waals surface area contributed by atoms with Gasteiger partial charge < -0.3 is 20.1 Å². The zero-order valence-electron chi connectivity index (χ0n) is 11.6. The van der Waals surface area contributed by atoms with Gasteiger partial charge in [0.05, 0.1) is 6.54 Å². The molecule has 2 N–H and O–H groups in total. The van der Waals surface area contributed by atoms with Gasteiger partial charge in [0.2, 0.25) is 0 Å². The fourth-order valence-corrected chi connectivity index (χ4v) is 1.72. The zero-order valence-corrected chi connectivity index (χ0v) is 12.4. The van der Waals surface area contributed by atoms with Crippen LogP contribution in [0.3, 0.4) is 0 Å². The fraction of sp³-hybridized carbons (Fsp3) is 0.500. The van der Waals surface area contributed by atoms with E-state index in [0.29, 0.717) is 18.3 Å². The lowest BCUT2D eigenvalue weighted by Crippen LogP contribution is -2.38. The summed E-state index contributed by atoms with van der Waals surface area (Å²) >= 11 is 5.14. The van der Waals surface area contributed by atoms with Crippen LogP contribution in [0.15, 0.2) is 24.3 Å². The van der Waals surface area contributed by atoms with Crippen LogP contribution in [0, 0.1) is 6.92 Å². The molecule has 0 aliphatic rings. The number of ether oxygens (including phenoxy) is 2. The third-order valence-corrected chi connectivity index (χ3v) is 2.75. The summed E-state index contributed by atoms with van der Waals surface area (Å²) in [6.07, 6.45) is 0.943. The summed E-state index contributed by atoms with van der Waals surface area (Å²) in [5, 5.41) is 6.87. The van der Waals surface area contributed by atoms with E-state index in [1.54, 1.807) is 7.11 Å². The van der Waals surface area contributed by atoms with Gasteiger partial charge in [-0.05, 0) is 43.3 Å². The highest BCUT2D eigenvalue weighted by Crippen LogP contribution is 2.11. The SMILES string of the molecule is COCCCNC(=S)NCCOc1cccc(C)c1. The quantitative estimate of drug-likeness (QED) is 0.563. The number of methoxy groups -OCH3 is 1. The molecule has 0 unspecified atom stereocenters. The van der Waals surface area contributed by atoms with E-state index in [1.807, 2.05) is 31.2 Å². The number of hydrogen-bond acceptors (Lipinski definition) is 3. The van der Waals surface area contributed by atoms with Gasteiger partial charge in [-0.2, -0.15) is 0 Å². The molecule has 0 radical (unpaired) electrons. The third-order valence-electron chi connectivity index (χ3n) is 2.46. The van der Waals surface area contributed by atoms with Gasteiger partial charge in [0, 0.05) is 20.3 Å². The molecule has 0 spiro atoms. The van der Waals surface area contributed by atoms with Crippen LogP contribution in [0.4, 0.5) is 0 Å². The topological polar surface area (TPSA) is 42.5 Å². The maximum absolute atomic E-state index is 5.61. The summed E-state index contributed by atoms with van der Waals surface area (Å²) in [7, 11) is 1.69. The fourth-order valence-electron chi connectivity index (χ4n) is 1.52. The third kappa shape index (κ3) is 7.64. The highest BCUT2D eigenvalue weighted by atomic mass is 32.1. The predicted octanol–water partition coefficient (Wildman–Crippen LogP) is 1.87. The van der Waals surface area contributed by atoms with Gasteiger partial charge in [-0.25, -0.2) is 0 Å². The Kier molecular flexibility index (Phi) is 7.93. The van der Waals surface area contributed by atoms with E-state index in [4.69, 9.17) is 21.7 Å². The maximum atomic E-state index is 5.61. The van der Waals surface area contributed by atoms with Crippen molar-refractivity contribution >= 4 is 17.3 Å². The first-order valence-corrected chi connectivity index (χ1v) is 6.83. The van der Waals surface area contributed by atoms with Crippen molar-refractivity contribution in [3.8, 4) is 5.75 Å².